The molecule has 190 valence electrons. The fourth-order valence-corrected chi connectivity index (χ4v) is 5.45. The van der Waals surface area contributed by atoms with Crippen molar-refractivity contribution in [2.75, 3.05) is 23.3 Å². The molecular weight excluding hydrogens is 449 g/mol. The van der Waals surface area contributed by atoms with E-state index in [2.05, 4.69) is 41.2 Å². The predicted molar refractivity (Wildman–Crippen MR) is 138 cm³/mol. The minimum absolute atomic E-state index is 0.0150. The molecule has 2 aliphatic rings. The third-order valence-corrected chi connectivity index (χ3v) is 7.30. The van der Waals surface area contributed by atoms with E-state index in [-0.39, 0.29) is 11.9 Å². The molecule has 35 heavy (non-hydrogen) atoms. The Morgan fingerprint density at radius 2 is 1.86 bits per heavy atom. The van der Waals surface area contributed by atoms with Gasteiger partial charge < -0.3 is 10.2 Å². The van der Waals surface area contributed by atoms with E-state index in [1.165, 1.54) is 48.3 Å². The monoisotopic (exact) mass is 486 g/mol. The maximum Gasteiger partial charge on any atom is 0.419 e. The normalized spacial score (nSPS) is 21.5. The summed E-state index contributed by atoms with van der Waals surface area (Å²) in [4.78, 5) is 11.3. The molecule has 4 nitrogen and oxygen atoms in total. The fourth-order valence-electron chi connectivity index (χ4n) is 5.45. The van der Waals surface area contributed by atoms with E-state index >= 15 is 0 Å². The number of hydrogen-bond donors (Lipinski definition) is 1. The molecule has 7 heteroatoms. The van der Waals surface area contributed by atoms with Crippen LogP contribution in [0.5, 0.6) is 0 Å². The van der Waals surface area contributed by atoms with Crippen LogP contribution in [-0.2, 0) is 12.6 Å². The van der Waals surface area contributed by atoms with Gasteiger partial charge in [-0.2, -0.15) is 13.2 Å². The van der Waals surface area contributed by atoms with Crippen LogP contribution in [0.1, 0.15) is 75.0 Å². The Balaban J connectivity index is 1.44. The molecule has 4 rings (SSSR count). The summed E-state index contributed by atoms with van der Waals surface area (Å²) >= 11 is 0. The number of rotatable bonds is 7. The molecule has 1 aromatic heterocycles. The van der Waals surface area contributed by atoms with Crippen LogP contribution in [0.3, 0.4) is 0 Å². The van der Waals surface area contributed by atoms with E-state index in [9.17, 15) is 13.2 Å². The number of hydrogen-bond acceptors (Lipinski definition) is 4. The van der Waals surface area contributed by atoms with Gasteiger partial charge >= 0.3 is 6.18 Å². The predicted octanol–water partition coefficient (Wildman–Crippen LogP) is 7.72. The smallest absolute Gasteiger partial charge is 0.372 e. The Labute approximate surface area is 207 Å². The summed E-state index contributed by atoms with van der Waals surface area (Å²) in [6.07, 6.45) is 8.31. The van der Waals surface area contributed by atoms with Crippen molar-refractivity contribution in [3.63, 3.8) is 0 Å². The SMILES string of the molecule is CCC=Nc1c(C)cc(N2CCCCC2)cc1CC1CCC(Nc2ncccc2C(F)(F)F)CC1. The maximum atomic E-state index is 13.3. The van der Waals surface area contributed by atoms with Gasteiger partial charge in [-0.05, 0) is 106 Å². The summed E-state index contributed by atoms with van der Waals surface area (Å²) in [5, 5.41) is 3.08. The highest BCUT2D eigenvalue weighted by atomic mass is 19.4. The molecule has 1 aliphatic carbocycles. The van der Waals surface area contributed by atoms with E-state index in [4.69, 9.17) is 4.99 Å². The van der Waals surface area contributed by atoms with Crippen LogP contribution >= 0.6 is 0 Å². The number of benzene rings is 1. The summed E-state index contributed by atoms with van der Waals surface area (Å²) in [6.45, 7) is 6.48. The molecule has 2 aromatic rings. The molecule has 1 N–H and O–H groups in total. The average molecular weight is 487 g/mol. The number of piperidine rings is 1. The van der Waals surface area contributed by atoms with Crippen LogP contribution in [-0.4, -0.2) is 30.3 Å². The molecule has 2 fully saturated rings. The van der Waals surface area contributed by atoms with Crippen LogP contribution < -0.4 is 10.2 Å². The minimum Gasteiger partial charge on any atom is -0.372 e. The number of nitrogens with zero attached hydrogens (tertiary/aromatic N) is 3. The van der Waals surface area contributed by atoms with Gasteiger partial charge in [-0.3, -0.25) is 4.99 Å². The number of pyridine rings is 1. The second kappa shape index (κ2) is 11.4. The zero-order chi connectivity index (χ0) is 24.8. The van der Waals surface area contributed by atoms with Gasteiger partial charge in [-0.1, -0.05) is 6.92 Å². The Morgan fingerprint density at radius 1 is 1.11 bits per heavy atom. The largest absolute Gasteiger partial charge is 0.419 e. The molecule has 1 saturated carbocycles. The highest BCUT2D eigenvalue weighted by molar-refractivity contribution is 5.70. The van der Waals surface area contributed by atoms with Gasteiger partial charge in [0.15, 0.2) is 0 Å². The number of aryl methyl sites for hydroxylation is 1. The lowest BCUT2D eigenvalue weighted by molar-refractivity contribution is -0.137. The first-order valence-corrected chi connectivity index (χ1v) is 13.0. The summed E-state index contributed by atoms with van der Waals surface area (Å²) in [5.41, 5.74) is 4.23. The zero-order valence-corrected chi connectivity index (χ0v) is 20.9. The van der Waals surface area contributed by atoms with Crippen molar-refractivity contribution >= 4 is 23.4 Å². The molecule has 0 atom stereocenters. The molecule has 0 spiro atoms. The fraction of sp³-hybridized carbons (Fsp3) is 0.571. The van der Waals surface area contributed by atoms with Crippen LogP contribution in [0.15, 0.2) is 35.5 Å². The van der Waals surface area contributed by atoms with Crippen molar-refractivity contribution in [2.45, 2.75) is 83.9 Å². The summed E-state index contributed by atoms with van der Waals surface area (Å²) in [7, 11) is 0. The van der Waals surface area contributed by atoms with Crippen LogP contribution in [0, 0.1) is 12.8 Å². The lowest BCUT2D eigenvalue weighted by atomic mass is 9.81. The van der Waals surface area contributed by atoms with Crippen molar-refractivity contribution in [3.05, 3.63) is 47.2 Å². The van der Waals surface area contributed by atoms with Gasteiger partial charge in [0, 0.05) is 37.2 Å². The summed E-state index contributed by atoms with van der Waals surface area (Å²) in [6, 6.07) is 7.07. The molecule has 0 amide bonds. The molecule has 1 saturated heterocycles. The Morgan fingerprint density at radius 3 is 2.54 bits per heavy atom. The lowest BCUT2D eigenvalue weighted by Gasteiger charge is -2.32. The minimum atomic E-state index is -4.40. The topological polar surface area (TPSA) is 40.5 Å². The van der Waals surface area contributed by atoms with Gasteiger partial charge in [0.2, 0.25) is 0 Å². The van der Waals surface area contributed by atoms with Crippen LogP contribution in [0.25, 0.3) is 0 Å². The third kappa shape index (κ3) is 6.56. The maximum absolute atomic E-state index is 13.3. The first-order valence-electron chi connectivity index (χ1n) is 13.0. The number of alkyl halides is 3. The van der Waals surface area contributed by atoms with Crippen LogP contribution in [0.4, 0.5) is 30.4 Å². The number of aliphatic imine (C=N–C) groups is 1. The van der Waals surface area contributed by atoms with Gasteiger partial charge in [-0.25, -0.2) is 4.98 Å². The number of anilines is 2. The quantitative estimate of drug-likeness (QED) is 0.407. The number of halogens is 3. The highest BCUT2D eigenvalue weighted by Crippen LogP contribution is 2.38. The Kier molecular flexibility index (Phi) is 8.34. The van der Waals surface area contributed by atoms with Crippen molar-refractivity contribution in [1.29, 1.82) is 0 Å². The third-order valence-electron chi connectivity index (χ3n) is 7.30. The standard InChI is InChI=1S/C28H37F3N4/c1-3-13-32-26-20(2)17-24(35-15-5-4-6-16-35)19-22(26)18-21-9-11-23(12-10-21)34-27-25(28(29,30)31)8-7-14-33-27/h7-8,13-14,17,19,21,23H,3-6,9-12,15-16,18H2,1-2H3,(H,33,34). The lowest BCUT2D eigenvalue weighted by Crippen LogP contribution is -2.30. The van der Waals surface area contributed by atoms with E-state index in [1.807, 2.05) is 6.21 Å². The van der Waals surface area contributed by atoms with Crippen molar-refractivity contribution in [3.8, 4) is 0 Å². The Bertz CT molecular complexity index is 1000. The summed E-state index contributed by atoms with van der Waals surface area (Å²) in [5.74, 6) is 0.454. The molecule has 0 unspecified atom stereocenters. The van der Waals surface area contributed by atoms with Crippen LogP contribution in [0.2, 0.25) is 0 Å². The van der Waals surface area contributed by atoms with E-state index in [0.717, 1.165) is 63.4 Å². The van der Waals surface area contributed by atoms with Crippen molar-refractivity contribution < 1.29 is 13.2 Å². The molecular formula is C28H37F3N4. The van der Waals surface area contributed by atoms with E-state index in [1.54, 1.807) is 0 Å². The molecule has 1 aromatic carbocycles. The van der Waals surface area contributed by atoms with Gasteiger partial charge in [-0.15, -0.1) is 0 Å². The Hall–Kier alpha value is -2.57. The van der Waals surface area contributed by atoms with Crippen molar-refractivity contribution in [1.82, 2.24) is 4.98 Å². The highest BCUT2D eigenvalue weighted by Gasteiger charge is 2.35. The molecule has 2 heterocycles. The second-order valence-electron chi connectivity index (χ2n) is 10.0. The van der Waals surface area contributed by atoms with Gasteiger partial charge in [0.05, 0.1) is 11.3 Å². The first-order chi connectivity index (χ1) is 16.8. The average Bonchev–Trinajstić information content (AvgIpc) is 2.85. The first kappa shape index (κ1) is 25.5. The zero-order valence-electron chi connectivity index (χ0n) is 20.9. The van der Waals surface area contributed by atoms with Gasteiger partial charge in [0.25, 0.3) is 0 Å². The number of aromatic nitrogens is 1. The second-order valence-corrected chi connectivity index (χ2v) is 10.0. The van der Waals surface area contributed by atoms with Gasteiger partial charge in [0.1, 0.15) is 5.82 Å². The van der Waals surface area contributed by atoms with E-state index < -0.39 is 11.7 Å². The number of nitrogens with one attached hydrogen (secondary N) is 1. The van der Waals surface area contributed by atoms with E-state index in [0.29, 0.717) is 5.92 Å². The molecule has 0 bridgehead atoms. The van der Waals surface area contributed by atoms with Crippen molar-refractivity contribution in [2.24, 2.45) is 10.9 Å². The summed E-state index contributed by atoms with van der Waals surface area (Å²) < 4.78 is 40.0. The molecule has 0 radical (unpaired) electrons. The molecule has 1 aliphatic heterocycles.